The Morgan fingerprint density at radius 3 is 2.69 bits per heavy atom. The third-order valence-corrected chi connectivity index (χ3v) is 6.87. The first-order valence-corrected chi connectivity index (χ1v) is 11.7. The van der Waals surface area contributed by atoms with Crippen LogP contribution in [0.15, 0.2) is 72.3 Å². The first-order valence-electron chi connectivity index (χ1n) is 10.9. The van der Waals surface area contributed by atoms with Crippen LogP contribution in [0.2, 0.25) is 0 Å². The van der Waals surface area contributed by atoms with Gasteiger partial charge in [0.2, 0.25) is 0 Å². The first-order chi connectivity index (χ1) is 16.6. The first kappa shape index (κ1) is 24.2. The molecule has 0 bridgehead atoms. The topological polar surface area (TPSA) is 91.0 Å². The highest BCUT2D eigenvalue weighted by atomic mass is 32.1. The van der Waals surface area contributed by atoms with Crippen molar-refractivity contribution in [1.82, 2.24) is 24.4 Å². The summed E-state index contributed by atoms with van der Waals surface area (Å²) in [5, 5.41) is 4.33. The third-order valence-electron chi connectivity index (χ3n) is 5.67. The molecule has 0 saturated carbocycles. The molecule has 5 aromatic rings. The minimum Gasteiger partial charge on any atom is -0.486 e. The van der Waals surface area contributed by atoms with Crippen LogP contribution in [0, 0.1) is 0 Å². The minimum atomic E-state index is -0.248. The van der Waals surface area contributed by atoms with Crippen molar-refractivity contribution in [2.75, 3.05) is 6.54 Å². The molecule has 1 amide bonds. The maximum absolute atomic E-state index is 13.3. The SMILES string of the molecule is C.Cn1c(=O)c2c(OCc3ccncc3)c(C(=O)NCCCn3ccnc3)sc2c2ccccc21. The normalized spacial score (nSPS) is 10.9. The number of amides is 1. The maximum Gasteiger partial charge on any atom is 0.265 e. The highest BCUT2D eigenvalue weighted by molar-refractivity contribution is 7.22. The Hall–Kier alpha value is -3.98. The average Bonchev–Trinajstić information content (AvgIpc) is 3.53. The molecule has 1 N–H and O–H groups in total. The van der Waals surface area contributed by atoms with E-state index in [1.165, 1.54) is 11.3 Å². The Morgan fingerprint density at radius 2 is 1.91 bits per heavy atom. The van der Waals surface area contributed by atoms with Crippen LogP contribution >= 0.6 is 11.3 Å². The zero-order valence-electron chi connectivity index (χ0n) is 18.6. The van der Waals surface area contributed by atoms with Gasteiger partial charge in [-0.3, -0.25) is 14.6 Å². The number of hydrogen-bond donors (Lipinski definition) is 1. The fourth-order valence-electron chi connectivity index (χ4n) is 3.92. The van der Waals surface area contributed by atoms with Crippen molar-refractivity contribution in [1.29, 1.82) is 0 Å². The van der Waals surface area contributed by atoms with Crippen LogP contribution in [0.3, 0.4) is 0 Å². The van der Waals surface area contributed by atoms with Crippen LogP contribution < -0.4 is 15.6 Å². The highest BCUT2D eigenvalue weighted by Gasteiger charge is 2.24. The zero-order chi connectivity index (χ0) is 23.5. The fraction of sp³-hybridized carbons (Fsp3) is 0.231. The molecule has 0 aliphatic carbocycles. The number of imidazole rings is 1. The predicted octanol–water partition coefficient (Wildman–Crippen LogP) is 4.38. The second kappa shape index (κ2) is 10.5. The van der Waals surface area contributed by atoms with E-state index in [4.69, 9.17) is 4.74 Å². The van der Waals surface area contributed by atoms with Gasteiger partial charge in [0, 0.05) is 50.3 Å². The summed E-state index contributed by atoms with van der Waals surface area (Å²) in [7, 11) is 1.74. The summed E-state index contributed by atoms with van der Waals surface area (Å²) in [6, 6.07) is 11.4. The van der Waals surface area contributed by atoms with Crippen LogP contribution in [0.1, 0.15) is 29.1 Å². The number of carbonyl (C=O) groups is 1. The van der Waals surface area contributed by atoms with Gasteiger partial charge in [-0.15, -0.1) is 11.3 Å². The van der Waals surface area contributed by atoms with Gasteiger partial charge in [0.1, 0.15) is 16.9 Å². The molecule has 35 heavy (non-hydrogen) atoms. The highest BCUT2D eigenvalue weighted by Crippen LogP contribution is 2.39. The van der Waals surface area contributed by atoms with Gasteiger partial charge in [0.05, 0.1) is 16.5 Å². The van der Waals surface area contributed by atoms with E-state index in [1.807, 2.05) is 47.2 Å². The molecule has 0 unspecified atom stereocenters. The molecule has 1 aromatic carbocycles. The molecular weight excluding hydrogens is 462 g/mol. The van der Waals surface area contributed by atoms with Crippen LogP contribution in [0.4, 0.5) is 0 Å². The van der Waals surface area contributed by atoms with Crippen molar-refractivity contribution >= 4 is 38.2 Å². The number of fused-ring (bicyclic) bond motifs is 3. The molecule has 8 nitrogen and oxygen atoms in total. The summed E-state index contributed by atoms with van der Waals surface area (Å²) < 4.78 is 10.5. The summed E-state index contributed by atoms with van der Waals surface area (Å²) in [4.78, 5) is 35.0. The van der Waals surface area contributed by atoms with Crippen molar-refractivity contribution in [3.05, 3.63) is 88.3 Å². The Kier molecular flexibility index (Phi) is 7.26. The van der Waals surface area contributed by atoms with Gasteiger partial charge in [-0.25, -0.2) is 4.98 Å². The van der Waals surface area contributed by atoms with Crippen LogP contribution in [-0.4, -0.2) is 31.6 Å². The van der Waals surface area contributed by atoms with E-state index in [1.54, 1.807) is 36.5 Å². The second-order valence-corrected chi connectivity index (χ2v) is 8.92. The molecule has 4 aromatic heterocycles. The van der Waals surface area contributed by atoms with Crippen LogP contribution in [0.25, 0.3) is 21.0 Å². The van der Waals surface area contributed by atoms with Gasteiger partial charge in [0.25, 0.3) is 11.5 Å². The molecule has 0 aliphatic heterocycles. The lowest BCUT2D eigenvalue weighted by Gasteiger charge is -2.10. The van der Waals surface area contributed by atoms with E-state index >= 15 is 0 Å². The predicted molar refractivity (Wildman–Crippen MR) is 139 cm³/mol. The van der Waals surface area contributed by atoms with Gasteiger partial charge in [-0.1, -0.05) is 25.6 Å². The lowest BCUT2D eigenvalue weighted by Crippen LogP contribution is -2.25. The van der Waals surface area contributed by atoms with Gasteiger partial charge >= 0.3 is 0 Å². The fourth-order valence-corrected chi connectivity index (χ4v) is 5.11. The summed E-state index contributed by atoms with van der Waals surface area (Å²) in [6.07, 6.45) is 9.49. The number of thiophene rings is 1. The average molecular weight is 490 g/mol. The number of nitrogens with zero attached hydrogens (tertiary/aromatic N) is 4. The Bertz CT molecular complexity index is 1510. The largest absolute Gasteiger partial charge is 0.486 e. The maximum atomic E-state index is 13.3. The molecule has 4 heterocycles. The minimum absolute atomic E-state index is 0. The molecule has 9 heteroatoms. The van der Waals surface area contributed by atoms with E-state index in [0.29, 0.717) is 22.6 Å². The lowest BCUT2D eigenvalue weighted by atomic mass is 10.1. The number of carbonyl (C=O) groups excluding carboxylic acids is 1. The van der Waals surface area contributed by atoms with Crippen molar-refractivity contribution < 1.29 is 9.53 Å². The zero-order valence-corrected chi connectivity index (χ0v) is 19.4. The monoisotopic (exact) mass is 489 g/mol. The Labute approximate surface area is 206 Å². The van der Waals surface area contributed by atoms with E-state index < -0.39 is 0 Å². The lowest BCUT2D eigenvalue weighted by molar-refractivity contribution is 0.0953. The Morgan fingerprint density at radius 1 is 1.11 bits per heavy atom. The summed E-state index contributed by atoms with van der Waals surface area (Å²) >= 11 is 1.30. The van der Waals surface area contributed by atoms with Crippen molar-refractivity contribution in [2.45, 2.75) is 27.0 Å². The number of rotatable bonds is 8. The molecule has 0 radical (unpaired) electrons. The van der Waals surface area contributed by atoms with Crippen molar-refractivity contribution in [3.63, 3.8) is 0 Å². The van der Waals surface area contributed by atoms with Crippen LogP contribution in [0.5, 0.6) is 5.75 Å². The van der Waals surface area contributed by atoms with E-state index in [9.17, 15) is 9.59 Å². The van der Waals surface area contributed by atoms with Gasteiger partial charge in [-0.2, -0.15) is 0 Å². The molecule has 0 spiro atoms. The van der Waals surface area contributed by atoms with Crippen LogP contribution in [-0.2, 0) is 20.2 Å². The number of aryl methyl sites for hydroxylation is 2. The molecule has 0 fully saturated rings. The van der Waals surface area contributed by atoms with Gasteiger partial charge in [0.15, 0.2) is 5.75 Å². The van der Waals surface area contributed by atoms with E-state index in [-0.39, 0.29) is 25.5 Å². The standard InChI is InChI=1S/C25H23N5O3S.CH4/c1-29-19-6-3-2-5-18(19)22-20(25(29)32)21(33-15-17-7-10-26-11-8-17)23(34-22)24(31)28-9-4-13-30-14-12-27-16-30;/h2-3,5-8,10-12,14,16H,4,9,13,15H2,1H3,(H,28,31);1H4. The smallest absolute Gasteiger partial charge is 0.265 e. The Balaban J connectivity index is 0.00000289. The van der Waals surface area contributed by atoms with E-state index in [0.717, 1.165) is 34.1 Å². The number of ether oxygens (including phenoxy) is 1. The van der Waals surface area contributed by atoms with Gasteiger partial charge in [-0.05, 0) is 30.2 Å². The van der Waals surface area contributed by atoms with Crippen molar-refractivity contribution in [2.24, 2.45) is 7.05 Å². The number of nitrogens with one attached hydrogen (secondary N) is 1. The number of para-hydroxylation sites is 1. The third kappa shape index (κ3) is 4.81. The summed E-state index contributed by atoms with van der Waals surface area (Å²) in [6.45, 7) is 1.47. The molecule has 180 valence electrons. The number of hydrogen-bond acceptors (Lipinski definition) is 6. The molecular formula is C26H27N5O3S. The molecule has 5 rings (SSSR count). The number of aromatic nitrogens is 4. The quantitative estimate of drug-likeness (QED) is 0.327. The van der Waals surface area contributed by atoms with Gasteiger partial charge < -0.3 is 19.2 Å². The van der Waals surface area contributed by atoms with Crippen molar-refractivity contribution in [3.8, 4) is 5.75 Å². The van der Waals surface area contributed by atoms with E-state index in [2.05, 4.69) is 15.3 Å². The molecule has 0 aliphatic rings. The summed E-state index contributed by atoms with van der Waals surface area (Å²) in [5.74, 6) is 0.0815. The number of pyridine rings is 2. The summed E-state index contributed by atoms with van der Waals surface area (Å²) in [5.41, 5.74) is 1.53. The second-order valence-electron chi connectivity index (χ2n) is 7.90. The molecule has 0 saturated heterocycles. The molecule has 0 atom stereocenters. The number of benzene rings is 1.